The van der Waals surface area contributed by atoms with Gasteiger partial charge in [0.2, 0.25) is 0 Å². The molecule has 0 fully saturated rings. The van der Waals surface area contributed by atoms with Gasteiger partial charge in [-0.25, -0.2) is 4.98 Å². The van der Waals surface area contributed by atoms with Gasteiger partial charge in [-0.1, -0.05) is 6.07 Å². The average molecular weight is 333 g/mol. The van der Waals surface area contributed by atoms with Gasteiger partial charge in [0.05, 0.1) is 12.6 Å². The molecular formula is C20H19N3O2. The van der Waals surface area contributed by atoms with Gasteiger partial charge in [-0.05, 0) is 44.5 Å². The van der Waals surface area contributed by atoms with Crippen molar-refractivity contribution in [2.24, 2.45) is 0 Å². The first kappa shape index (κ1) is 16.8. The molecule has 3 rings (SSSR count). The quantitative estimate of drug-likeness (QED) is 0.660. The lowest BCUT2D eigenvalue weighted by Crippen LogP contribution is -2.08. The fraction of sp³-hybridized carbons (Fsp3) is 0.200. The number of hydrogen-bond donors (Lipinski definition) is 0. The second-order valence-corrected chi connectivity index (χ2v) is 5.99. The number of nitrogens with zero attached hydrogens (tertiary/aromatic N) is 3. The van der Waals surface area contributed by atoms with E-state index in [2.05, 4.69) is 15.0 Å². The zero-order valence-electron chi connectivity index (χ0n) is 14.5. The summed E-state index contributed by atoms with van der Waals surface area (Å²) in [5, 5.41) is 0. The summed E-state index contributed by atoms with van der Waals surface area (Å²) in [6.45, 7) is 5.71. The van der Waals surface area contributed by atoms with Crippen molar-refractivity contribution in [2.45, 2.75) is 27.2 Å². The van der Waals surface area contributed by atoms with E-state index in [9.17, 15) is 4.79 Å². The molecule has 0 radical (unpaired) electrons. The number of Topliss-reactive ketones (excluding diaryl/α,β-unsaturated/α-hetero) is 1. The summed E-state index contributed by atoms with van der Waals surface area (Å²) in [5.41, 5.74) is 3.80. The number of aryl methyl sites for hydroxylation is 3. The van der Waals surface area contributed by atoms with Gasteiger partial charge in [0, 0.05) is 35.4 Å². The maximum absolute atomic E-state index is 12.5. The highest BCUT2D eigenvalue weighted by Gasteiger charge is 2.12. The number of carbonyl (C=O) groups is 1. The molecule has 0 saturated heterocycles. The SMILES string of the molecule is Cc1ccc(CC(=O)c2cc(Oc3ccc(C)nc3)cc(C)n2)nc1. The summed E-state index contributed by atoms with van der Waals surface area (Å²) in [4.78, 5) is 25.3. The van der Waals surface area contributed by atoms with E-state index in [1.54, 1.807) is 24.5 Å². The normalized spacial score (nSPS) is 10.5. The minimum atomic E-state index is -0.0908. The molecule has 3 aromatic rings. The van der Waals surface area contributed by atoms with E-state index in [0.717, 1.165) is 22.6 Å². The van der Waals surface area contributed by atoms with E-state index < -0.39 is 0 Å². The standard InChI is InChI=1S/C20H19N3O2/c1-13-4-6-16(22-11-13)9-20(24)19-10-18(8-15(3)23-19)25-17-7-5-14(2)21-12-17/h4-8,10-12H,9H2,1-3H3. The van der Waals surface area contributed by atoms with Crippen LogP contribution in [0.25, 0.3) is 0 Å². The zero-order valence-corrected chi connectivity index (χ0v) is 14.5. The van der Waals surface area contributed by atoms with Crippen molar-refractivity contribution >= 4 is 5.78 Å². The maximum Gasteiger partial charge on any atom is 0.187 e. The van der Waals surface area contributed by atoms with Crippen LogP contribution in [0.5, 0.6) is 11.5 Å². The van der Waals surface area contributed by atoms with Crippen molar-refractivity contribution in [1.82, 2.24) is 15.0 Å². The third-order valence-electron chi connectivity index (χ3n) is 3.65. The number of aromatic nitrogens is 3. The number of carbonyl (C=O) groups excluding carboxylic acids is 1. The number of rotatable bonds is 5. The molecule has 0 amide bonds. The lowest BCUT2D eigenvalue weighted by molar-refractivity contribution is 0.0986. The Morgan fingerprint density at radius 2 is 1.76 bits per heavy atom. The largest absolute Gasteiger partial charge is 0.456 e. The predicted molar refractivity (Wildman–Crippen MR) is 95.0 cm³/mol. The number of hydrogen-bond acceptors (Lipinski definition) is 5. The Balaban J connectivity index is 1.79. The molecule has 3 heterocycles. The molecule has 126 valence electrons. The maximum atomic E-state index is 12.5. The summed E-state index contributed by atoms with van der Waals surface area (Å²) >= 11 is 0. The van der Waals surface area contributed by atoms with E-state index in [1.165, 1.54) is 0 Å². The Labute approximate surface area is 146 Å². The molecule has 0 atom stereocenters. The van der Waals surface area contributed by atoms with Crippen molar-refractivity contribution < 1.29 is 9.53 Å². The monoisotopic (exact) mass is 333 g/mol. The van der Waals surface area contributed by atoms with Crippen LogP contribution in [0, 0.1) is 20.8 Å². The van der Waals surface area contributed by atoms with Gasteiger partial charge in [-0.2, -0.15) is 0 Å². The Hall–Kier alpha value is -3.08. The molecule has 5 nitrogen and oxygen atoms in total. The van der Waals surface area contributed by atoms with Crippen LogP contribution in [0.3, 0.4) is 0 Å². The fourth-order valence-electron chi connectivity index (χ4n) is 2.35. The molecule has 0 aliphatic carbocycles. The summed E-state index contributed by atoms with van der Waals surface area (Å²) < 4.78 is 5.80. The minimum absolute atomic E-state index is 0.0908. The van der Waals surface area contributed by atoms with Gasteiger partial charge < -0.3 is 4.74 Å². The Morgan fingerprint density at radius 1 is 0.920 bits per heavy atom. The van der Waals surface area contributed by atoms with E-state index in [-0.39, 0.29) is 12.2 Å². The van der Waals surface area contributed by atoms with Crippen LogP contribution in [-0.2, 0) is 6.42 Å². The third kappa shape index (κ3) is 4.47. The summed E-state index contributed by atoms with van der Waals surface area (Å²) in [5.74, 6) is 1.10. The number of ether oxygens (including phenoxy) is 1. The van der Waals surface area contributed by atoms with Gasteiger partial charge in [-0.15, -0.1) is 0 Å². The van der Waals surface area contributed by atoms with Gasteiger partial charge >= 0.3 is 0 Å². The topological polar surface area (TPSA) is 65.0 Å². The Bertz CT molecular complexity index is 888. The van der Waals surface area contributed by atoms with Crippen LogP contribution in [0.15, 0.2) is 48.8 Å². The molecular weight excluding hydrogens is 314 g/mol. The Morgan fingerprint density at radius 3 is 2.44 bits per heavy atom. The first-order valence-electron chi connectivity index (χ1n) is 8.03. The minimum Gasteiger partial charge on any atom is -0.456 e. The summed E-state index contributed by atoms with van der Waals surface area (Å²) in [7, 11) is 0. The number of ketones is 1. The fourth-order valence-corrected chi connectivity index (χ4v) is 2.35. The first-order chi connectivity index (χ1) is 12.0. The van der Waals surface area contributed by atoms with Crippen LogP contribution >= 0.6 is 0 Å². The van der Waals surface area contributed by atoms with Crippen molar-refractivity contribution in [3.63, 3.8) is 0 Å². The van der Waals surface area contributed by atoms with E-state index in [1.807, 2.05) is 45.0 Å². The molecule has 3 aromatic heterocycles. The van der Waals surface area contributed by atoms with Crippen LogP contribution < -0.4 is 4.74 Å². The predicted octanol–water partition coefficient (Wildman–Crippen LogP) is 4.01. The highest BCUT2D eigenvalue weighted by Crippen LogP contribution is 2.22. The smallest absolute Gasteiger partial charge is 0.187 e. The van der Waals surface area contributed by atoms with Gasteiger partial charge in [-0.3, -0.25) is 14.8 Å². The molecule has 5 heteroatoms. The second kappa shape index (κ2) is 7.21. The van der Waals surface area contributed by atoms with Crippen LogP contribution in [0.1, 0.15) is 33.1 Å². The molecule has 0 bridgehead atoms. The molecule has 0 spiro atoms. The van der Waals surface area contributed by atoms with Crippen LogP contribution in [-0.4, -0.2) is 20.7 Å². The number of pyridine rings is 3. The van der Waals surface area contributed by atoms with Gasteiger partial charge in [0.25, 0.3) is 0 Å². The lowest BCUT2D eigenvalue weighted by Gasteiger charge is -2.08. The highest BCUT2D eigenvalue weighted by atomic mass is 16.5. The van der Waals surface area contributed by atoms with E-state index in [4.69, 9.17) is 4.74 Å². The first-order valence-corrected chi connectivity index (χ1v) is 8.03. The van der Waals surface area contributed by atoms with E-state index in [0.29, 0.717) is 17.2 Å². The van der Waals surface area contributed by atoms with Crippen LogP contribution in [0.2, 0.25) is 0 Å². The molecule has 0 N–H and O–H groups in total. The Kier molecular flexibility index (Phi) is 4.84. The molecule has 25 heavy (non-hydrogen) atoms. The van der Waals surface area contributed by atoms with Gasteiger partial charge in [0.15, 0.2) is 5.78 Å². The molecule has 0 saturated carbocycles. The average Bonchev–Trinajstić information content (AvgIpc) is 2.58. The zero-order chi connectivity index (χ0) is 17.8. The van der Waals surface area contributed by atoms with Crippen molar-refractivity contribution in [3.8, 4) is 11.5 Å². The van der Waals surface area contributed by atoms with Crippen molar-refractivity contribution in [1.29, 1.82) is 0 Å². The molecule has 0 unspecified atom stereocenters. The third-order valence-corrected chi connectivity index (χ3v) is 3.65. The molecule has 0 aliphatic rings. The van der Waals surface area contributed by atoms with Crippen molar-refractivity contribution in [3.05, 3.63) is 77.1 Å². The highest BCUT2D eigenvalue weighted by molar-refractivity contribution is 5.95. The second-order valence-electron chi connectivity index (χ2n) is 5.99. The van der Waals surface area contributed by atoms with Gasteiger partial charge in [0.1, 0.15) is 17.2 Å². The molecule has 0 aromatic carbocycles. The summed E-state index contributed by atoms with van der Waals surface area (Å²) in [6.07, 6.45) is 3.62. The summed E-state index contributed by atoms with van der Waals surface area (Å²) in [6, 6.07) is 11.0. The molecule has 0 aliphatic heterocycles. The van der Waals surface area contributed by atoms with Crippen molar-refractivity contribution in [2.75, 3.05) is 0 Å². The lowest BCUT2D eigenvalue weighted by atomic mass is 10.1. The van der Waals surface area contributed by atoms with Crippen LogP contribution in [0.4, 0.5) is 0 Å². The van der Waals surface area contributed by atoms with E-state index >= 15 is 0 Å².